The van der Waals surface area contributed by atoms with E-state index in [1.807, 2.05) is 6.92 Å². The second-order valence-corrected chi connectivity index (χ2v) is 5.57. The normalized spacial score (nSPS) is 12.5. The van der Waals surface area contributed by atoms with Gasteiger partial charge in [0.25, 0.3) is 10.2 Å². The number of unbranched alkanes of at least 4 members (excludes halogenated alkanes) is 2. The van der Waals surface area contributed by atoms with E-state index in [4.69, 9.17) is 11.5 Å². The Hall–Kier alpha value is -1.63. The second kappa shape index (κ2) is 9.33. The number of carbonyl (C=O) groups excluding carboxylic acids is 2. The standard InChI is InChI=1S/C9H22N6O5S/c1-3-4-5-6-12-21(18,19)14-15(13-8(11)16)9(17)20-7(2)10/h7,12,14H,3-6,10H2,1-2H3,(H3,11,13,16). The van der Waals surface area contributed by atoms with Gasteiger partial charge in [-0.1, -0.05) is 24.6 Å². The van der Waals surface area contributed by atoms with Crippen molar-refractivity contribution in [2.24, 2.45) is 11.5 Å². The van der Waals surface area contributed by atoms with Crippen LogP contribution in [-0.4, -0.2) is 38.4 Å². The summed E-state index contributed by atoms with van der Waals surface area (Å²) in [6, 6.07) is -1.16. The molecular formula is C9H22N6O5S. The summed E-state index contributed by atoms with van der Waals surface area (Å²) < 4.78 is 30.1. The minimum absolute atomic E-state index is 0.177. The van der Waals surface area contributed by atoms with Crippen LogP contribution in [0.4, 0.5) is 9.59 Å². The molecule has 0 aliphatic carbocycles. The molecule has 0 saturated heterocycles. The first kappa shape index (κ1) is 19.4. The zero-order valence-electron chi connectivity index (χ0n) is 12.0. The van der Waals surface area contributed by atoms with Gasteiger partial charge in [-0.3, -0.25) is 5.73 Å². The minimum atomic E-state index is -4.07. The van der Waals surface area contributed by atoms with Gasteiger partial charge in [-0.05, 0) is 13.3 Å². The van der Waals surface area contributed by atoms with Gasteiger partial charge in [0.1, 0.15) is 6.23 Å². The lowest BCUT2D eigenvalue weighted by molar-refractivity contribution is 0.0526. The zero-order chi connectivity index (χ0) is 16.5. The summed E-state index contributed by atoms with van der Waals surface area (Å²) in [5.41, 5.74) is 11.8. The van der Waals surface area contributed by atoms with Crippen molar-refractivity contribution in [1.29, 1.82) is 0 Å². The number of carbonyl (C=O) groups is 2. The summed E-state index contributed by atoms with van der Waals surface area (Å²) in [5, 5.41) is 0.188. The number of rotatable bonds is 8. The predicted molar refractivity (Wildman–Crippen MR) is 74.3 cm³/mol. The van der Waals surface area contributed by atoms with Crippen molar-refractivity contribution in [1.82, 2.24) is 20.1 Å². The molecule has 0 aromatic rings. The number of primary amides is 1. The lowest BCUT2D eigenvalue weighted by atomic mass is 10.3. The van der Waals surface area contributed by atoms with Gasteiger partial charge in [-0.2, -0.15) is 8.42 Å². The van der Waals surface area contributed by atoms with E-state index >= 15 is 0 Å². The molecule has 3 amide bonds. The Morgan fingerprint density at radius 1 is 1.33 bits per heavy atom. The minimum Gasteiger partial charge on any atom is -0.429 e. The molecule has 0 fully saturated rings. The van der Waals surface area contributed by atoms with Crippen LogP contribution < -0.4 is 26.4 Å². The van der Waals surface area contributed by atoms with Crippen LogP contribution in [0, 0.1) is 0 Å². The average molecular weight is 326 g/mol. The van der Waals surface area contributed by atoms with Gasteiger partial charge in [0.15, 0.2) is 0 Å². The van der Waals surface area contributed by atoms with Crippen LogP contribution in [0.2, 0.25) is 0 Å². The molecule has 0 rings (SSSR count). The van der Waals surface area contributed by atoms with Crippen LogP contribution in [0.3, 0.4) is 0 Å². The number of hydrogen-bond donors (Lipinski definition) is 5. The van der Waals surface area contributed by atoms with Gasteiger partial charge in [-0.15, -0.1) is 5.12 Å². The first-order valence-corrected chi connectivity index (χ1v) is 7.75. The van der Waals surface area contributed by atoms with Crippen LogP contribution in [-0.2, 0) is 14.9 Å². The van der Waals surface area contributed by atoms with Gasteiger partial charge in [0.05, 0.1) is 0 Å². The fraction of sp³-hybridized carbons (Fsp3) is 0.778. The number of hydrazine groups is 2. The van der Waals surface area contributed by atoms with Crippen molar-refractivity contribution in [3.8, 4) is 0 Å². The van der Waals surface area contributed by atoms with Crippen molar-refractivity contribution in [3.63, 3.8) is 0 Å². The van der Waals surface area contributed by atoms with E-state index in [0.29, 0.717) is 6.42 Å². The van der Waals surface area contributed by atoms with Crippen molar-refractivity contribution >= 4 is 22.3 Å². The first-order valence-electron chi connectivity index (χ1n) is 6.27. The maximum absolute atomic E-state index is 11.7. The fourth-order valence-corrected chi connectivity index (χ4v) is 2.00. The van der Waals surface area contributed by atoms with Crippen molar-refractivity contribution in [2.75, 3.05) is 6.54 Å². The summed E-state index contributed by atoms with van der Waals surface area (Å²) >= 11 is 0. The number of urea groups is 1. The third kappa shape index (κ3) is 9.84. The predicted octanol–water partition coefficient (Wildman–Crippen LogP) is -1.16. The maximum atomic E-state index is 11.7. The molecule has 0 spiro atoms. The van der Waals surface area contributed by atoms with Gasteiger partial charge < -0.3 is 10.5 Å². The molecule has 21 heavy (non-hydrogen) atoms. The highest BCUT2D eigenvalue weighted by Crippen LogP contribution is 1.94. The van der Waals surface area contributed by atoms with Gasteiger partial charge in [0, 0.05) is 6.54 Å². The molecule has 1 atom stereocenters. The highest BCUT2D eigenvalue weighted by Gasteiger charge is 2.23. The molecule has 0 bridgehead atoms. The maximum Gasteiger partial charge on any atom is 0.446 e. The fourth-order valence-electron chi connectivity index (χ4n) is 1.16. The monoisotopic (exact) mass is 326 g/mol. The summed E-state index contributed by atoms with van der Waals surface area (Å²) in [6.07, 6.45) is 0.161. The van der Waals surface area contributed by atoms with Crippen LogP contribution in [0.15, 0.2) is 0 Å². The second-order valence-electron chi connectivity index (χ2n) is 4.10. The summed E-state index contributed by atoms with van der Waals surface area (Å²) in [5.74, 6) is 0. The van der Waals surface area contributed by atoms with Crippen LogP contribution >= 0.6 is 0 Å². The smallest absolute Gasteiger partial charge is 0.429 e. The molecule has 12 heteroatoms. The average Bonchev–Trinajstić information content (AvgIpc) is 2.32. The van der Waals surface area contributed by atoms with Gasteiger partial charge >= 0.3 is 12.1 Å². The molecule has 0 aromatic heterocycles. The van der Waals surface area contributed by atoms with Crippen molar-refractivity contribution in [3.05, 3.63) is 0 Å². The largest absolute Gasteiger partial charge is 0.446 e. The first-order chi connectivity index (χ1) is 9.68. The number of amides is 3. The number of nitrogens with zero attached hydrogens (tertiary/aromatic N) is 1. The Balaban J connectivity index is 4.63. The molecule has 11 nitrogen and oxygen atoms in total. The number of hydrogen-bond acceptors (Lipinski definition) is 6. The molecule has 1 unspecified atom stereocenters. The van der Waals surface area contributed by atoms with E-state index in [1.54, 1.807) is 10.3 Å². The molecule has 124 valence electrons. The van der Waals surface area contributed by atoms with E-state index in [2.05, 4.69) is 9.46 Å². The van der Waals surface area contributed by atoms with E-state index < -0.39 is 28.6 Å². The molecule has 0 aliphatic heterocycles. The summed E-state index contributed by atoms with van der Waals surface area (Å²) in [4.78, 5) is 24.1. The Bertz CT molecular complexity index is 440. The van der Waals surface area contributed by atoms with Gasteiger partial charge in [0.2, 0.25) is 0 Å². The Morgan fingerprint density at radius 3 is 2.43 bits per heavy atom. The summed E-state index contributed by atoms with van der Waals surface area (Å²) in [7, 11) is -4.07. The van der Waals surface area contributed by atoms with E-state index in [0.717, 1.165) is 12.8 Å². The Morgan fingerprint density at radius 2 is 1.95 bits per heavy atom. The van der Waals surface area contributed by atoms with E-state index in [-0.39, 0.29) is 11.7 Å². The zero-order valence-corrected chi connectivity index (χ0v) is 12.8. The molecule has 0 aliphatic rings. The van der Waals surface area contributed by atoms with Crippen molar-refractivity contribution < 1.29 is 22.7 Å². The number of ether oxygens (including phenoxy) is 1. The van der Waals surface area contributed by atoms with Crippen LogP contribution in [0.25, 0.3) is 0 Å². The van der Waals surface area contributed by atoms with Crippen LogP contribution in [0.5, 0.6) is 0 Å². The molecule has 7 N–H and O–H groups in total. The van der Waals surface area contributed by atoms with E-state index in [1.165, 1.54) is 6.92 Å². The Kier molecular flexibility index (Phi) is 8.61. The summed E-state index contributed by atoms with van der Waals surface area (Å²) in [6.45, 7) is 3.49. The molecule has 0 saturated carbocycles. The molecule has 0 radical (unpaired) electrons. The van der Waals surface area contributed by atoms with Crippen molar-refractivity contribution in [2.45, 2.75) is 39.3 Å². The number of nitrogens with two attached hydrogens (primary N) is 2. The lowest BCUT2D eigenvalue weighted by Gasteiger charge is -2.22. The SMILES string of the molecule is CCCCCNS(=O)(=O)NN(NC(N)=O)C(=O)OC(C)N. The topological polar surface area (TPSA) is 169 Å². The van der Waals surface area contributed by atoms with Gasteiger partial charge in [-0.25, -0.2) is 19.7 Å². The highest BCUT2D eigenvalue weighted by molar-refractivity contribution is 7.87. The third-order valence-electron chi connectivity index (χ3n) is 1.98. The van der Waals surface area contributed by atoms with E-state index in [9.17, 15) is 18.0 Å². The molecule has 0 aromatic carbocycles. The third-order valence-corrected chi connectivity index (χ3v) is 2.98. The molecular weight excluding hydrogens is 304 g/mol. The quantitative estimate of drug-likeness (QED) is 0.214. The van der Waals surface area contributed by atoms with Crippen LogP contribution in [0.1, 0.15) is 33.1 Å². The number of nitrogens with one attached hydrogen (secondary N) is 3. The highest BCUT2D eigenvalue weighted by atomic mass is 32.2. The lowest BCUT2D eigenvalue weighted by Crippen LogP contribution is -2.60. The molecule has 0 heterocycles. The Labute approximate surface area is 123 Å².